The molecule has 7 nitrogen and oxygen atoms in total. The SMILES string of the molecule is COC(=O)COc1ccc(NC(=O)c2ccc(COc3cccc(Br)c3)o2)cc1. The van der Waals surface area contributed by atoms with Crippen LogP contribution in [0, 0.1) is 0 Å². The van der Waals surface area contributed by atoms with Crippen molar-refractivity contribution in [2.75, 3.05) is 19.0 Å². The highest BCUT2D eigenvalue weighted by Gasteiger charge is 2.12. The summed E-state index contributed by atoms with van der Waals surface area (Å²) < 4.78 is 21.9. The zero-order chi connectivity index (χ0) is 20.6. The number of hydrogen-bond acceptors (Lipinski definition) is 6. The summed E-state index contributed by atoms with van der Waals surface area (Å²) in [5.41, 5.74) is 0.559. The van der Waals surface area contributed by atoms with Crippen LogP contribution in [0.1, 0.15) is 16.3 Å². The van der Waals surface area contributed by atoms with Gasteiger partial charge in [-0.1, -0.05) is 22.0 Å². The normalized spacial score (nSPS) is 10.3. The first-order valence-electron chi connectivity index (χ1n) is 8.61. The summed E-state index contributed by atoms with van der Waals surface area (Å²) in [7, 11) is 1.29. The molecule has 0 atom stereocenters. The van der Waals surface area contributed by atoms with Gasteiger partial charge in [0.25, 0.3) is 5.91 Å². The number of halogens is 1. The molecule has 0 aliphatic rings. The maximum atomic E-state index is 12.3. The molecule has 1 heterocycles. The molecule has 0 fully saturated rings. The molecule has 2 aromatic carbocycles. The van der Waals surface area contributed by atoms with E-state index >= 15 is 0 Å². The highest BCUT2D eigenvalue weighted by atomic mass is 79.9. The van der Waals surface area contributed by atoms with Crippen molar-refractivity contribution < 1.29 is 28.2 Å². The number of nitrogens with one attached hydrogen (secondary N) is 1. The molecule has 3 rings (SSSR count). The van der Waals surface area contributed by atoms with Crippen molar-refractivity contribution in [2.24, 2.45) is 0 Å². The van der Waals surface area contributed by atoms with Gasteiger partial charge in [-0.05, 0) is 54.6 Å². The Balaban J connectivity index is 1.52. The molecule has 0 bridgehead atoms. The summed E-state index contributed by atoms with van der Waals surface area (Å²) in [6.45, 7) is 0.0232. The van der Waals surface area contributed by atoms with E-state index in [2.05, 4.69) is 26.0 Å². The van der Waals surface area contributed by atoms with Gasteiger partial charge >= 0.3 is 5.97 Å². The molecule has 0 aliphatic heterocycles. The Hall–Kier alpha value is -3.26. The van der Waals surface area contributed by atoms with E-state index in [1.54, 1.807) is 36.4 Å². The van der Waals surface area contributed by atoms with Crippen molar-refractivity contribution in [3.05, 3.63) is 76.7 Å². The van der Waals surface area contributed by atoms with E-state index in [0.29, 0.717) is 22.9 Å². The number of hydrogen-bond donors (Lipinski definition) is 1. The minimum Gasteiger partial charge on any atom is -0.486 e. The molecule has 0 saturated heterocycles. The van der Waals surface area contributed by atoms with Crippen LogP contribution in [-0.4, -0.2) is 25.6 Å². The second kappa shape index (κ2) is 9.79. The largest absolute Gasteiger partial charge is 0.486 e. The van der Waals surface area contributed by atoms with Crippen LogP contribution >= 0.6 is 15.9 Å². The van der Waals surface area contributed by atoms with Crippen molar-refractivity contribution in [2.45, 2.75) is 6.61 Å². The number of carbonyl (C=O) groups excluding carboxylic acids is 2. The number of furan rings is 1. The van der Waals surface area contributed by atoms with Crippen LogP contribution in [0.3, 0.4) is 0 Å². The van der Waals surface area contributed by atoms with Crippen molar-refractivity contribution in [3.8, 4) is 11.5 Å². The molecular formula is C21H18BrNO6. The molecule has 0 radical (unpaired) electrons. The van der Waals surface area contributed by atoms with Crippen LogP contribution in [0.2, 0.25) is 0 Å². The lowest BCUT2D eigenvalue weighted by Gasteiger charge is -2.07. The van der Waals surface area contributed by atoms with Gasteiger partial charge in [0.05, 0.1) is 7.11 Å². The fourth-order valence-corrected chi connectivity index (χ4v) is 2.70. The third-order valence-electron chi connectivity index (χ3n) is 3.76. The Bertz CT molecular complexity index is 983. The van der Waals surface area contributed by atoms with Crippen molar-refractivity contribution in [1.82, 2.24) is 0 Å². The summed E-state index contributed by atoms with van der Waals surface area (Å²) in [4.78, 5) is 23.4. The predicted octanol–water partition coefficient (Wildman–Crippen LogP) is 4.43. The minimum atomic E-state index is -0.472. The molecule has 1 aromatic heterocycles. The Morgan fingerprint density at radius 2 is 1.79 bits per heavy atom. The molecule has 8 heteroatoms. The fourth-order valence-electron chi connectivity index (χ4n) is 2.32. The van der Waals surface area contributed by atoms with Crippen LogP contribution in [0.25, 0.3) is 0 Å². The smallest absolute Gasteiger partial charge is 0.343 e. The average molecular weight is 460 g/mol. The van der Waals surface area contributed by atoms with Crippen LogP contribution in [0.4, 0.5) is 5.69 Å². The molecule has 0 unspecified atom stereocenters. The van der Waals surface area contributed by atoms with Gasteiger partial charge in [0.1, 0.15) is 23.9 Å². The number of benzene rings is 2. The minimum absolute atomic E-state index is 0.170. The molecule has 1 amide bonds. The molecule has 150 valence electrons. The van der Waals surface area contributed by atoms with Crippen molar-refractivity contribution in [3.63, 3.8) is 0 Å². The third-order valence-corrected chi connectivity index (χ3v) is 4.25. The lowest BCUT2D eigenvalue weighted by Crippen LogP contribution is -2.13. The first-order valence-corrected chi connectivity index (χ1v) is 9.41. The van der Waals surface area contributed by atoms with E-state index in [-0.39, 0.29) is 24.9 Å². The standard InChI is InChI=1S/C21H18BrNO6/c1-26-20(24)13-28-16-7-5-15(6-8-16)23-21(25)19-10-9-18(29-19)12-27-17-4-2-3-14(22)11-17/h2-11H,12-13H2,1H3,(H,23,25). The summed E-state index contributed by atoms with van der Waals surface area (Å²) in [5, 5.41) is 2.73. The third kappa shape index (κ3) is 6.11. The van der Waals surface area contributed by atoms with E-state index in [0.717, 1.165) is 4.47 Å². The van der Waals surface area contributed by atoms with Crippen LogP contribution < -0.4 is 14.8 Å². The zero-order valence-electron chi connectivity index (χ0n) is 15.5. The molecule has 0 saturated carbocycles. The second-order valence-electron chi connectivity index (χ2n) is 5.86. The van der Waals surface area contributed by atoms with Gasteiger partial charge in [-0.2, -0.15) is 0 Å². The maximum absolute atomic E-state index is 12.3. The lowest BCUT2D eigenvalue weighted by atomic mass is 10.3. The second-order valence-corrected chi connectivity index (χ2v) is 6.77. The monoisotopic (exact) mass is 459 g/mol. The van der Waals surface area contributed by atoms with E-state index in [1.165, 1.54) is 7.11 Å². The topological polar surface area (TPSA) is 87.0 Å². The van der Waals surface area contributed by atoms with Crippen LogP contribution in [0.15, 0.2) is 69.6 Å². The quantitative estimate of drug-likeness (QED) is 0.501. The fraction of sp³-hybridized carbons (Fsp3) is 0.143. The Morgan fingerprint density at radius 1 is 1.00 bits per heavy atom. The summed E-state index contributed by atoms with van der Waals surface area (Å²) in [6.07, 6.45) is 0. The van der Waals surface area contributed by atoms with Crippen LogP contribution in [0.5, 0.6) is 11.5 Å². The van der Waals surface area contributed by atoms with E-state index in [9.17, 15) is 9.59 Å². The van der Waals surface area contributed by atoms with Crippen molar-refractivity contribution in [1.29, 1.82) is 0 Å². The maximum Gasteiger partial charge on any atom is 0.343 e. The summed E-state index contributed by atoms with van der Waals surface area (Å²) >= 11 is 3.38. The highest BCUT2D eigenvalue weighted by molar-refractivity contribution is 9.10. The summed E-state index contributed by atoms with van der Waals surface area (Å²) in [5.74, 6) is 1.02. The molecule has 0 aliphatic carbocycles. The number of anilines is 1. The van der Waals surface area contributed by atoms with Gasteiger partial charge in [-0.3, -0.25) is 4.79 Å². The number of amides is 1. The van der Waals surface area contributed by atoms with Gasteiger partial charge < -0.3 is 23.9 Å². The Labute approximate surface area is 175 Å². The van der Waals surface area contributed by atoms with Gasteiger partial charge in [0, 0.05) is 10.2 Å². The predicted molar refractivity (Wildman–Crippen MR) is 109 cm³/mol. The van der Waals surface area contributed by atoms with E-state index in [4.69, 9.17) is 13.9 Å². The first-order chi connectivity index (χ1) is 14.0. The Morgan fingerprint density at radius 3 is 2.52 bits per heavy atom. The number of ether oxygens (including phenoxy) is 3. The zero-order valence-corrected chi connectivity index (χ0v) is 17.1. The average Bonchev–Trinajstić information content (AvgIpc) is 3.21. The van der Waals surface area contributed by atoms with Crippen LogP contribution in [-0.2, 0) is 16.1 Å². The summed E-state index contributed by atoms with van der Waals surface area (Å²) in [6, 6.07) is 17.3. The highest BCUT2D eigenvalue weighted by Crippen LogP contribution is 2.20. The molecule has 29 heavy (non-hydrogen) atoms. The van der Waals surface area contributed by atoms with Gasteiger partial charge in [-0.25, -0.2) is 4.79 Å². The molecular weight excluding hydrogens is 442 g/mol. The molecule has 0 spiro atoms. The van der Waals surface area contributed by atoms with Crippen molar-refractivity contribution >= 4 is 33.5 Å². The lowest BCUT2D eigenvalue weighted by molar-refractivity contribution is -0.142. The molecule has 1 N–H and O–H groups in total. The van der Waals surface area contributed by atoms with Gasteiger partial charge in [-0.15, -0.1) is 0 Å². The molecule has 3 aromatic rings. The first kappa shape index (κ1) is 20.5. The number of esters is 1. The van der Waals surface area contributed by atoms with Gasteiger partial charge in [0.2, 0.25) is 0 Å². The number of rotatable bonds is 8. The number of carbonyl (C=O) groups is 2. The Kier molecular flexibility index (Phi) is 6.91. The number of methoxy groups -OCH3 is 1. The van der Waals surface area contributed by atoms with E-state index < -0.39 is 5.97 Å². The van der Waals surface area contributed by atoms with E-state index in [1.807, 2.05) is 24.3 Å². The van der Waals surface area contributed by atoms with Gasteiger partial charge in [0.15, 0.2) is 12.4 Å².